The lowest BCUT2D eigenvalue weighted by Gasteiger charge is -2.20. The molecule has 2 amide bonds. The molecule has 7 heteroatoms. The first kappa shape index (κ1) is 18.2. The van der Waals surface area contributed by atoms with Crippen LogP contribution in [-0.2, 0) is 16.0 Å². The highest BCUT2D eigenvalue weighted by molar-refractivity contribution is 7.99. The lowest BCUT2D eigenvalue weighted by atomic mass is 10.0. The molecule has 3 heterocycles. The van der Waals surface area contributed by atoms with Gasteiger partial charge in [0.15, 0.2) is 0 Å². The second kappa shape index (κ2) is 8.67. The number of thioether (sulfide) groups is 1. The van der Waals surface area contributed by atoms with E-state index >= 15 is 0 Å². The summed E-state index contributed by atoms with van der Waals surface area (Å²) in [5.41, 5.74) is 0.999. The molecule has 1 aromatic rings. The second-order valence-corrected chi connectivity index (χ2v) is 7.87. The van der Waals surface area contributed by atoms with Gasteiger partial charge in [-0.2, -0.15) is 0 Å². The SMILES string of the molecule is CN(CCc1ccccn1)C(=O)CC1CN[C@H](C(=O)N2CCSC2)C1. The Kier molecular flexibility index (Phi) is 6.31. The van der Waals surface area contributed by atoms with Crippen LogP contribution in [0.15, 0.2) is 24.4 Å². The van der Waals surface area contributed by atoms with Gasteiger partial charge in [-0.25, -0.2) is 0 Å². The monoisotopic (exact) mass is 362 g/mol. The van der Waals surface area contributed by atoms with E-state index in [0.29, 0.717) is 13.0 Å². The summed E-state index contributed by atoms with van der Waals surface area (Å²) < 4.78 is 0. The second-order valence-electron chi connectivity index (χ2n) is 6.79. The van der Waals surface area contributed by atoms with Crippen LogP contribution in [0.25, 0.3) is 0 Å². The van der Waals surface area contributed by atoms with Gasteiger partial charge in [-0.15, -0.1) is 11.8 Å². The molecule has 1 aromatic heterocycles. The van der Waals surface area contributed by atoms with E-state index in [4.69, 9.17) is 0 Å². The van der Waals surface area contributed by atoms with Crippen molar-refractivity contribution < 1.29 is 9.59 Å². The molecule has 2 saturated heterocycles. The molecule has 6 nitrogen and oxygen atoms in total. The largest absolute Gasteiger partial charge is 0.345 e. The average Bonchev–Trinajstić information content (AvgIpc) is 3.32. The lowest BCUT2D eigenvalue weighted by molar-refractivity contribution is -0.132. The fourth-order valence-electron chi connectivity index (χ4n) is 3.32. The molecular weight excluding hydrogens is 336 g/mol. The van der Waals surface area contributed by atoms with Crippen molar-refractivity contribution in [1.29, 1.82) is 0 Å². The predicted molar refractivity (Wildman–Crippen MR) is 99.1 cm³/mol. The maximum atomic E-state index is 12.4. The van der Waals surface area contributed by atoms with Crippen molar-refractivity contribution in [3.8, 4) is 0 Å². The van der Waals surface area contributed by atoms with Crippen LogP contribution in [0, 0.1) is 5.92 Å². The Morgan fingerprint density at radius 3 is 3.04 bits per heavy atom. The van der Waals surface area contributed by atoms with Gasteiger partial charge in [0.2, 0.25) is 11.8 Å². The Bertz CT molecular complexity index is 592. The summed E-state index contributed by atoms with van der Waals surface area (Å²) in [7, 11) is 1.84. The van der Waals surface area contributed by atoms with Crippen molar-refractivity contribution in [1.82, 2.24) is 20.1 Å². The molecule has 0 bridgehead atoms. The molecular formula is C18H26N4O2S. The van der Waals surface area contributed by atoms with E-state index < -0.39 is 0 Å². The van der Waals surface area contributed by atoms with E-state index in [-0.39, 0.29) is 23.8 Å². The van der Waals surface area contributed by atoms with Crippen LogP contribution in [-0.4, -0.2) is 71.0 Å². The number of rotatable bonds is 6. The van der Waals surface area contributed by atoms with Crippen LogP contribution in [0.1, 0.15) is 18.5 Å². The normalized spacial score (nSPS) is 23.0. The topological polar surface area (TPSA) is 65.5 Å². The summed E-state index contributed by atoms with van der Waals surface area (Å²) in [4.78, 5) is 32.8. The summed E-state index contributed by atoms with van der Waals surface area (Å²) in [6.07, 6.45) is 3.81. The highest BCUT2D eigenvalue weighted by atomic mass is 32.2. The summed E-state index contributed by atoms with van der Waals surface area (Å²) in [6, 6.07) is 5.72. The predicted octanol–water partition coefficient (Wildman–Crippen LogP) is 0.984. The first-order valence-corrected chi connectivity index (χ1v) is 10.0. The third-order valence-electron chi connectivity index (χ3n) is 4.90. The third-order valence-corrected chi connectivity index (χ3v) is 5.87. The molecule has 3 rings (SSSR count). The van der Waals surface area contributed by atoms with Gasteiger partial charge in [-0.1, -0.05) is 6.07 Å². The fourth-order valence-corrected chi connectivity index (χ4v) is 4.27. The molecule has 1 N–H and O–H groups in total. The molecule has 2 fully saturated rings. The number of nitrogens with zero attached hydrogens (tertiary/aromatic N) is 3. The van der Waals surface area contributed by atoms with Crippen LogP contribution in [0.2, 0.25) is 0 Å². The number of likely N-dealkylation sites (N-methyl/N-ethyl adjacent to an activating group) is 1. The van der Waals surface area contributed by atoms with Gasteiger partial charge in [0.1, 0.15) is 0 Å². The number of nitrogens with one attached hydrogen (secondary N) is 1. The quantitative estimate of drug-likeness (QED) is 0.817. The molecule has 2 aliphatic heterocycles. The number of carbonyl (C=O) groups is 2. The zero-order chi connectivity index (χ0) is 17.6. The Hall–Kier alpha value is -1.60. The van der Waals surface area contributed by atoms with Gasteiger partial charge in [0.25, 0.3) is 0 Å². The molecule has 0 aliphatic carbocycles. The van der Waals surface area contributed by atoms with E-state index in [1.165, 1.54) is 0 Å². The van der Waals surface area contributed by atoms with Gasteiger partial charge < -0.3 is 15.1 Å². The van der Waals surface area contributed by atoms with Crippen LogP contribution >= 0.6 is 11.8 Å². The van der Waals surface area contributed by atoms with Crippen molar-refractivity contribution in [2.75, 3.05) is 38.3 Å². The molecule has 0 aromatic carbocycles. The van der Waals surface area contributed by atoms with Crippen LogP contribution in [0.4, 0.5) is 0 Å². The number of pyridine rings is 1. The average molecular weight is 362 g/mol. The zero-order valence-electron chi connectivity index (χ0n) is 14.7. The van der Waals surface area contributed by atoms with Gasteiger partial charge in [0, 0.05) is 50.6 Å². The number of amides is 2. The minimum Gasteiger partial charge on any atom is -0.345 e. The Morgan fingerprint density at radius 2 is 2.32 bits per heavy atom. The number of carbonyl (C=O) groups excluding carboxylic acids is 2. The summed E-state index contributed by atoms with van der Waals surface area (Å²) >= 11 is 1.80. The summed E-state index contributed by atoms with van der Waals surface area (Å²) in [5.74, 6) is 2.42. The number of hydrogen-bond donors (Lipinski definition) is 1. The number of aromatic nitrogens is 1. The summed E-state index contributed by atoms with van der Waals surface area (Å²) in [5, 5.41) is 3.30. The third kappa shape index (κ3) is 4.95. The highest BCUT2D eigenvalue weighted by Crippen LogP contribution is 2.22. The van der Waals surface area contributed by atoms with E-state index in [9.17, 15) is 9.59 Å². The molecule has 25 heavy (non-hydrogen) atoms. The minimum absolute atomic E-state index is 0.115. The Balaban J connectivity index is 1.41. The zero-order valence-corrected chi connectivity index (χ0v) is 15.5. The van der Waals surface area contributed by atoms with Gasteiger partial charge in [0.05, 0.1) is 11.9 Å². The van der Waals surface area contributed by atoms with E-state index in [2.05, 4.69) is 10.3 Å². The lowest BCUT2D eigenvalue weighted by Crippen LogP contribution is -2.42. The molecule has 0 spiro atoms. The van der Waals surface area contributed by atoms with Crippen molar-refractivity contribution in [3.63, 3.8) is 0 Å². The minimum atomic E-state index is -0.115. The van der Waals surface area contributed by atoms with Crippen molar-refractivity contribution in [2.24, 2.45) is 5.92 Å². The highest BCUT2D eigenvalue weighted by Gasteiger charge is 2.34. The van der Waals surface area contributed by atoms with Gasteiger partial charge >= 0.3 is 0 Å². The first-order chi connectivity index (χ1) is 12.1. The molecule has 1 unspecified atom stereocenters. The summed E-state index contributed by atoms with van der Waals surface area (Å²) in [6.45, 7) is 2.27. The van der Waals surface area contributed by atoms with Crippen LogP contribution < -0.4 is 5.32 Å². The standard InChI is InChI=1S/C18H26N4O2S/c1-21(7-5-15-4-2-3-6-19-15)17(23)11-14-10-16(20-12-14)18(24)22-8-9-25-13-22/h2-4,6,14,16,20H,5,7-13H2,1H3/t14?,16-/m0/s1. The molecule has 136 valence electrons. The van der Waals surface area contributed by atoms with Gasteiger partial charge in [-0.3, -0.25) is 14.6 Å². The molecule has 2 aliphatic rings. The first-order valence-electron chi connectivity index (χ1n) is 8.87. The fraction of sp³-hybridized carbons (Fsp3) is 0.611. The van der Waals surface area contributed by atoms with Crippen molar-refractivity contribution in [3.05, 3.63) is 30.1 Å². The van der Waals surface area contributed by atoms with Crippen molar-refractivity contribution in [2.45, 2.75) is 25.3 Å². The maximum Gasteiger partial charge on any atom is 0.240 e. The molecule has 0 radical (unpaired) electrons. The van der Waals surface area contributed by atoms with Crippen LogP contribution in [0.5, 0.6) is 0 Å². The smallest absolute Gasteiger partial charge is 0.240 e. The van der Waals surface area contributed by atoms with E-state index in [1.54, 1.807) is 22.9 Å². The van der Waals surface area contributed by atoms with Gasteiger partial charge in [-0.05, 0) is 31.0 Å². The Labute approximate surface area is 153 Å². The maximum absolute atomic E-state index is 12.4. The number of hydrogen-bond acceptors (Lipinski definition) is 5. The van der Waals surface area contributed by atoms with Crippen LogP contribution in [0.3, 0.4) is 0 Å². The Morgan fingerprint density at radius 1 is 1.44 bits per heavy atom. The molecule has 0 saturated carbocycles. The van der Waals surface area contributed by atoms with Crippen molar-refractivity contribution >= 4 is 23.6 Å². The molecule has 2 atom stereocenters. The van der Waals surface area contributed by atoms with E-state index in [0.717, 1.165) is 43.3 Å². The van der Waals surface area contributed by atoms with E-state index in [1.807, 2.05) is 30.1 Å².